The van der Waals surface area contributed by atoms with Crippen LogP contribution in [-0.2, 0) is 6.18 Å². The maximum atomic E-state index is 13.1. The van der Waals surface area contributed by atoms with E-state index in [1.54, 1.807) is 6.07 Å². The first-order valence-corrected chi connectivity index (χ1v) is 9.20. The monoisotopic (exact) mass is 378 g/mol. The molecule has 1 saturated carbocycles. The number of benzene rings is 1. The summed E-state index contributed by atoms with van der Waals surface area (Å²) >= 11 is 0. The fraction of sp³-hybridized carbons (Fsp3) is 0.474. The Morgan fingerprint density at radius 3 is 2.59 bits per heavy atom. The number of hydrogen-bond acceptors (Lipinski definition) is 3. The molecule has 0 unspecified atom stereocenters. The van der Waals surface area contributed by atoms with Gasteiger partial charge in [-0.15, -0.1) is 0 Å². The summed E-state index contributed by atoms with van der Waals surface area (Å²) < 4.78 is 40.6. The Morgan fingerprint density at radius 1 is 1.19 bits per heavy atom. The fourth-order valence-corrected chi connectivity index (χ4v) is 3.53. The van der Waals surface area contributed by atoms with E-state index >= 15 is 0 Å². The molecule has 1 aromatic carbocycles. The highest BCUT2D eigenvalue weighted by Gasteiger charge is 2.35. The topological polar surface area (TPSA) is 59.0 Å². The number of hydrogen-bond donors (Lipinski definition) is 2. The van der Waals surface area contributed by atoms with E-state index in [9.17, 15) is 18.0 Å². The van der Waals surface area contributed by atoms with Crippen LogP contribution in [0.3, 0.4) is 0 Å². The summed E-state index contributed by atoms with van der Waals surface area (Å²) in [5.41, 5.74) is 0.778. The fourth-order valence-electron chi connectivity index (χ4n) is 3.53. The van der Waals surface area contributed by atoms with Crippen molar-refractivity contribution < 1.29 is 18.0 Å². The first kappa shape index (κ1) is 18.0. The van der Waals surface area contributed by atoms with Gasteiger partial charge in [0.15, 0.2) is 0 Å². The van der Waals surface area contributed by atoms with Crippen LogP contribution in [0.25, 0.3) is 5.69 Å². The van der Waals surface area contributed by atoms with Crippen molar-refractivity contribution in [3.63, 3.8) is 0 Å². The van der Waals surface area contributed by atoms with Crippen LogP contribution in [0.1, 0.15) is 53.2 Å². The van der Waals surface area contributed by atoms with Crippen LogP contribution in [0.2, 0.25) is 0 Å². The molecule has 0 radical (unpaired) electrons. The van der Waals surface area contributed by atoms with Crippen molar-refractivity contribution in [2.45, 2.75) is 43.8 Å². The van der Waals surface area contributed by atoms with Gasteiger partial charge in [-0.2, -0.15) is 18.3 Å². The van der Waals surface area contributed by atoms with Crippen LogP contribution in [0.15, 0.2) is 30.5 Å². The van der Waals surface area contributed by atoms with Crippen LogP contribution < -0.4 is 10.6 Å². The molecule has 5 nitrogen and oxygen atoms in total. The number of carbonyl (C=O) groups excluding carboxylic acids is 1. The maximum Gasteiger partial charge on any atom is 0.416 e. The summed E-state index contributed by atoms with van der Waals surface area (Å²) in [7, 11) is 0. The van der Waals surface area contributed by atoms with Crippen LogP contribution >= 0.6 is 0 Å². The average molecular weight is 378 g/mol. The molecule has 144 valence electrons. The van der Waals surface area contributed by atoms with E-state index in [1.807, 2.05) is 0 Å². The minimum absolute atomic E-state index is 0.114. The summed E-state index contributed by atoms with van der Waals surface area (Å²) in [5.74, 6) is -0.0298. The molecule has 2 fully saturated rings. The Kier molecular flexibility index (Phi) is 4.67. The predicted octanol–water partition coefficient (Wildman–Crippen LogP) is 3.25. The third-order valence-corrected chi connectivity index (χ3v) is 5.11. The average Bonchev–Trinajstić information content (AvgIpc) is 3.39. The molecule has 1 amide bonds. The van der Waals surface area contributed by atoms with E-state index in [-0.39, 0.29) is 17.9 Å². The smallest absolute Gasteiger partial charge is 0.349 e. The van der Waals surface area contributed by atoms with Crippen molar-refractivity contribution in [3.8, 4) is 5.69 Å². The molecule has 2 aliphatic rings. The second-order valence-corrected chi connectivity index (χ2v) is 7.18. The van der Waals surface area contributed by atoms with Gasteiger partial charge >= 0.3 is 6.18 Å². The van der Waals surface area contributed by atoms with Gasteiger partial charge in [-0.1, -0.05) is 6.07 Å². The molecule has 0 atom stereocenters. The van der Waals surface area contributed by atoms with Crippen LogP contribution in [0.5, 0.6) is 0 Å². The lowest BCUT2D eigenvalue weighted by atomic mass is 10.1. The summed E-state index contributed by atoms with van der Waals surface area (Å²) in [5, 5.41) is 10.6. The highest BCUT2D eigenvalue weighted by atomic mass is 19.4. The third-order valence-electron chi connectivity index (χ3n) is 5.11. The summed E-state index contributed by atoms with van der Waals surface area (Å²) in [6, 6.07) is 5.18. The van der Waals surface area contributed by atoms with Crippen molar-refractivity contribution in [1.82, 2.24) is 20.4 Å². The Balaban J connectivity index is 1.64. The van der Waals surface area contributed by atoms with E-state index in [0.717, 1.165) is 50.9 Å². The Bertz CT molecular complexity index is 836. The SMILES string of the molecule is O=C(NC1CCNCC1)c1cnn(-c2cccc(C(F)(F)F)c2)c1C1CC1. The first-order chi connectivity index (χ1) is 12.9. The normalized spacial score (nSPS) is 18.5. The van der Waals surface area contributed by atoms with Crippen molar-refractivity contribution >= 4 is 5.91 Å². The first-order valence-electron chi connectivity index (χ1n) is 9.20. The highest BCUT2D eigenvalue weighted by Crippen LogP contribution is 2.43. The lowest BCUT2D eigenvalue weighted by Crippen LogP contribution is -2.42. The molecule has 2 heterocycles. The molecule has 1 saturated heterocycles. The quantitative estimate of drug-likeness (QED) is 0.859. The van der Waals surface area contributed by atoms with Gasteiger partial charge in [0.2, 0.25) is 0 Å². The van der Waals surface area contributed by atoms with Gasteiger partial charge < -0.3 is 10.6 Å². The number of aromatic nitrogens is 2. The number of rotatable bonds is 4. The maximum absolute atomic E-state index is 13.1. The number of amides is 1. The number of nitrogens with zero attached hydrogens (tertiary/aromatic N) is 2. The van der Waals surface area contributed by atoms with Gasteiger partial charge in [0, 0.05) is 12.0 Å². The lowest BCUT2D eigenvalue weighted by Gasteiger charge is -2.23. The molecule has 2 aromatic rings. The molecule has 1 aliphatic heterocycles. The predicted molar refractivity (Wildman–Crippen MR) is 93.9 cm³/mol. The van der Waals surface area contributed by atoms with Gasteiger partial charge in [-0.05, 0) is 57.0 Å². The Labute approximate surface area is 154 Å². The van der Waals surface area contributed by atoms with E-state index in [4.69, 9.17) is 0 Å². The molecule has 0 bridgehead atoms. The van der Waals surface area contributed by atoms with Gasteiger partial charge in [0.05, 0.1) is 28.7 Å². The van der Waals surface area contributed by atoms with E-state index < -0.39 is 11.7 Å². The molecule has 0 spiro atoms. The molecular formula is C19H21F3N4O. The number of halogens is 3. The summed E-state index contributed by atoms with van der Waals surface area (Å²) in [6.07, 6.45) is 0.623. The number of nitrogens with one attached hydrogen (secondary N) is 2. The molecule has 8 heteroatoms. The van der Waals surface area contributed by atoms with E-state index in [2.05, 4.69) is 15.7 Å². The zero-order chi connectivity index (χ0) is 19.0. The van der Waals surface area contributed by atoms with Crippen molar-refractivity contribution in [2.24, 2.45) is 0 Å². The van der Waals surface area contributed by atoms with Crippen molar-refractivity contribution in [1.29, 1.82) is 0 Å². The van der Waals surface area contributed by atoms with Crippen LogP contribution in [-0.4, -0.2) is 34.8 Å². The molecule has 27 heavy (non-hydrogen) atoms. The second-order valence-electron chi connectivity index (χ2n) is 7.18. The standard InChI is InChI=1S/C19H21F3N4O/c20-19(21,22)13-2-1-3-15(10-13)26-17(12-4-5-12)16(11-24-26)18(27)25-14-6-8-23-9-7-14/h1-3,10-12,14,23H,4-9H2,(H,25,27). The van der Waals surface area contributed by atoms with E-state index in [1.165, 1.54) is 16.9 Å². The molecule has 1 aliphatic carbocycles. The molecule has 4 rings (SSSR count). The molecule has 2 N–H and O–H groups in total. The zero-order valence-electron chi connectivity index (χ0n) is 14.7. The second kappa shape index (κ2) is 6.99. The third kappa shape index (κ3) is 3.85. The van der Waals surface area contributed by atoms with Gasteiger partial charge in [0.25, 0.3) is 5.91 Å². The number of piperidine rings is 1. The van der Waals surface area contributed by atoms with E-state index in [0.29, 0.717) is 16.9 Å². The minimum Gasteiger partial charge on any atom is -0.349 e. The van der Waals surface area contributed by atoms with Gasteiger partial charge in [0.1, 0.15) is 0 Å². The van der Waals surface area contributed by atoms with Crippen molar-refractivity contribution in [2.75, 3.05) is 13.1 Å². The van der Waals surface area contributed by atoms with Crippen molar-refractivity contribution in [3.05, 3.63) is 47.3 Å². The summed E-state index contributed by atoms with van der Waals surface area (Å²) in [6.45, 7) is 1.73. The van der Waals surface area contributed by atoms with Gasteiger partial charge in [-0.3, -0.25) is 4.79 Å². The number of carbonyl (C=O) groups is 1. The zero-order valence-corrected chi connectivity index (χ0v) is 14.7. The van der Waals surface area contributed by atoms with Crippen LogP contribution in [0.4, 0.5) is 13.2 Å². The van der Waals surface area contributed by atoms with Gasteiger partial charge in [-0.25, -0.2) is 4.68 Å². The lowest BCUT2D eigenvalue weighted by molar-refractivity contribution is -0.137. The Hall–Kier alpha value is -2.35. The Morgan fingerprint density at radius 2 is 1.93 bits per heavy atom. The number of alkyl halides is 3. The molecule has 1 aromatic heterocycles. The highest BCUT2D eigenvalue weighted by molar-refractivity contribution is 5.95. The van der Waals surface area contributed by atoms with Crippen LogP contribution in [0, 0.1) is 0 Å². The molecular weight excluding hydrogens is 357 g/mol. The summed E-state index contributed by atoms with van der Waals surface area (Å²) in [4.78, 5) is 12.8. The minimum atomic E-state index is -4.42. The largest absolute Gasteiger partial charge is 0.416 e.